The second-order valence-corrected chi connectivity index (χ2v) is 11.0. The number of carbonyl (C=O) groups excluding carboxylic acids is 1. The minimum Gasteiger partial charge on any atom is -0.443 e. The van der Waals surface area contributed by atoms with Crippen LogP contribution in [0.5, 0.6) is 0 Å². The predicted molar refractivity (Wildman–Crippen MR) is 125 cm³/mol. The number of aromatic nitrogens is 1. The van der Waals surface area contributed by atoms with E-state index in [9.17, 15) is 13.2 Å². The Bertz CT molecular complexity index is 1050. The molecule has 1 atom stereocenters. The smallest absolute Gasteiger partial charge is 0.415 e. The number of piperidine rings is 1. The molecule has 1 aromatic heterocycles. The van der Waals surface area contributed by atoms with Gasteiger partial charge in [-0.2, -0.15) is 4.31 Å². The van der Waals surface area contributed by atoms with Crippen LogP contribution in [0.4, 0.5) is 10.6 Å². The lowest BCUT2D eigenvalue weighted by molar-refractivity contribution is 0.0580. The number of benzene rings is 1. The Morgan fingerprint density at radius 3 is 2.50 bits per heavy atom. The van der Waals surface area contributed by atoms with Gasteiger partial charge in [0.25, 0.3) is 0 Å². The van der Waals surface area contributed by atoms with Crippen LogP contribution in [0.15, 0.2) is 47.5 Å². The minimum atomic E-state index is -3.70. The first-order valence-corrected chi connectivity index (χ1v) is 12.5. The molecule has 0 N–H and O–H groups in total. The number of anilines is 1. The lowest BCUT2D eigenvalue weighted by Crippen LogP contribution is -2.41. The Morgan fingerprint density at radius 1 is 1.19 bits per heavy atom. The van der Waals surface area contributed by atoms with Gasteiger partial charge in [0, 0.05) is 24.8 Å². The number of sulfonamides is 1. The molecule has 1 unspecified atom stereocenters. The number of aryl methyl sites for hydroxylation is 1. The molecule has 0 aliphatic carbocycles. The number of ether oxygens (including phenoxy) is 1. The highest BCUT2D eigenvalue weighted by molar-refractivity contribution is 7.89. The van der Waals surface area contributed by atoms with Crippen molar-refractivity contribution in [1.29, 1.82) is 0 Å². The van der Waals surface area contributed by atoms with Crippen molar-refractivity contribution in [3.63, 3.8) is 0 Å². The predicted octanol–water partition coefficient (Wildman–Crippen LogP) is 5.07. The molecule has 1 saturated heterocycles. The van der Waals surface area contributed by atoms with Gasteiger partial charge in [-0.1, -0.05) is 30.2 Å². The largest absolute Gasteiger partial charge is 0.443 e. The van der Waals surface area contributed by atoms with E-state index in [0.717, 1.165) is 24.0 Å². The van der Waals surface area contributed by atoms with E-state index in [1.54, 1.807) is 28.7 Å². The van der Waals surface area contributed by atoms with Crippen LogP contribution in [-0.4, -0.2) is 42.5 Å². The maximum atomic E-state index is 13.6. The fourth-order valence-electron chi connectivity index (χ4n) is 3.93. The lowest BCUT2D eigenvalue weighted by atomic mass is 9.97. The van der Waals surface area contributed by atoms with Crippen molar-refractivity contribution in [2.45, 2.75) is 70.4 Å². The number of carbonyl (C=O) groups is 1. The molecular weight excluding hydrogens is 426 g/mol. The fourth-order valence-corrected chi connectivity index (χ4v) is 5.60. The van der Waals surface area contributed by atoms with Gasteiger partial charge in [0.05, 0.1) is 10.9 Å². The SMILES string of the molecule is CCN(C(=O)OC(C)(C)C)c1ncccc1C1CCCCN1S(=O)(=O)c1ccc(C)cc1. The van der Waals surface area contributed by atoms with Crippen molar-refractivity contribution in [2.24, 2.45) is 0 Å². The van der Waals surface area contributed by atoms with Crippen LogP contribution in [0.2, 0.25) is 0 Å². The first-order valence-electron chi connectivity index (χ1n) is 11.1. The molecule has 0 bridgehead atoms. The van der Waals surface area contributed by atoms with E-state index in [0.29, 0.717) is 25.3 Å². The van der Waals surface area contributed by atoms with E-state index < -0.39 is 27.8 Å². The Labute approximate surface area is 191 Å². The number of nitrogens with zero attached hydrogens (tertiary/aromatic N) is 3. The van der Waals surface area contributed by atoms with E-state index in [1.807, 2.05) is 52.8 Å². The zero-order valence-electron chi connectivity index (χ0n) is 19.5. The summed E-state index contributed by atoms with van der Waals surface area (Å²) in [4.78, 5) is 19.1. The molecule has 7 nitrogen and oxygen atoms in total. The highest BCUT2D eigenvalue weighted by Gasteiger charge is 2.37. The summed E-state index contributed by atoms with van der Waals surface area (Å²) in [6.45, 7) is 10.0. The van der Waals surface area contributed by atoms with Crippen molar-refractivity contribution in [1.82, 2.24) is 9.29 Å². The van der Waals surface area contributed by atoms with Gasteiger partial charge in [-0.15, -0.1) is 0 Å². The molecule has 3 rings (SSSR count). The number of pyridine rings is 1. The van der Waals surface area contributed by atoms with E-state index in [2.05, 4.69) is 4.98 Å². The molecular formula is C24H33N3O4S. The minimum absolute atomic E-state index is 0.278. The fraction of sp³-hybridized carbons (Fsp3) is 0.500. The zero-order chi connectivity index (χ0) is 23.5. The molecule has 1 aliphatic rings. The maximum absolute atomic E-state index is 13.6. The topological polar surface area (TPSA) is 79.8 Å². The van der Waals surface area contributed by atoms with Crippen molar-refractivity contribution < 1.29 is 17.9 Å². The third kappa shape index (κ3) is 5.30. The molecule has 32 heavy (non-hydrogen) atoms. The number of hydrogen-bond acceptors (Lipinski definition) is 5. The first kappa shape index (κ1) is 24.2. The highest BCUT2D eigenvalue weighted by Crippen LogP contribution is 2.39. The molecule has 8 heteroatoms. The molecule has 2 aromatic rings. The number of rotatable bonds is 5. The van der Waals surface area contributed by atoms with Crippen molar-refractivity contribution in [3.8, 4) is 0 Å². The van der Waals surface area contributed by atoms with E-state index in [4.69, 9.17) is 4.74 Å². The summed E-state index contributed by atoms with van der Waals surface area (Å²) in [5.41, 5.74) is 1.07. The third-order valence-corrected chi connectivity index (χ3v) is 7.37. The van der Waals surface area contributed by atoms with Gasteiger partial charge < -0.3 is 4.74 Å². The van der Waals surface area contributed by atoms with E-state index >= 15 is 0 Å². The third-order valence-electron chi connectivity index (χ3n) is 5.44. The molecule has 1 amide bonds. The van der Waals surface area contributed by atoms with E-state index in [-0.39, 0.29) is 4.90 Å². The lowest BCUT2D eigenvalue weighted by Gasteiger charge is -2.36. The van der Waals surface area contributed by atoms with Crippen molar-refractivity contribution in [3.05, 3.63) is 53.7 Å². The molecule has 1 fully saturated rings. The average Bonchev–Trinajstić information content (AvgIpc) is 2.74. The number of amides is 1. The zero-order valence-corrected chi connectivity index (χ0v) is 20.4. The molecule has 0 spiro atoms. The summed E-state index contributed by atoms with van der Waals surface area (Å²) in [5.74, 6) is 0.445. The Kier molecular flexibility index (Phi) is 7.25. The van der Waals surface area contributed by atoms with Crippen LogP contribution in [0.25, 0.3) is 0 Å². The maximum Gasteiger partial charge on any atom is 0.415 e. The van der Waals surface area contributed by atoms with Gasteiger partial charge >= 0.3 is 6.09 Å². The van der Waals surface area contributed by atoms with Crippen LogP contribution in [0.1, 0.15) is 64.1 Å². The molecule has 174 valence electrons. The standard InChI is InChI=1S/C24H33N3O4S/c1-6-26(23(28)31-24(3,4)5)22-20(10-9-16-25-22)21-11-7-8-17-27(21)32(29,30)19-14-12-18(2)13-15-19/h9-10,12-16,21H,6-8,11,17H2,1-5H3. The summed E-state index contributed by atoms with van der Waals surface area (Å²) >= 11 is 0. The first-order chi connectivity index (χ1) is 15.0. The average molecular weight is 460 g/mol. The summed E-state index contributed by atoms with van der Waals surface area (Å²) in [5, 5.41) is 0. The van der Waals surface area contributed by atoms with Crippen molar-refractivity contribution in [2.75, 3.05) is 18.0 Å². The Balaban J connectivity index is 2.02. The van der Waals surface area contributed by atoms with Crippen LogP contribution in [-0.2, 0) is 14.8 Å². The van der Waals surface area contributed by atoms with Gasteiger partial charge in [0.1, 0.15) is 11.4 Å². The second-order valence-electron chi connectivity index (χ2n) is 9.08. The van der Waals surface area contributed by atoms with Gasteiger partial charge in [-0.25, -0.2) is 18.2 Å². The Hall–Kier alpha value is -2.45. The van der Waals surface area contributed by atoms with Crippen LogP contribution < -0.4 is 4.90 Å². The van der Waals surface area contributed by atoms with Crippen LogP contribution in [0.3, 0.4) is 0 Å². The van der Waals surface area contributed by atoms with Crippen LogP contribution >= 0.6 is 0 Å². The molecule has 0 saturated carbocycles. The molecule has 0 radical (unpaired) electrons. The Morgan fingerprint density at radius 2 is 1.88 bits per heavy atom. The number of hydrogen-bond donors (Lipinski definition) is 0. The van der Waals surface area contributed by atoms with Gasteiger partial charge in [0.2, 0.25) is 10.0 Å². The van der Waals surface area contributed by atoms with Gasteiger partial charge in [0.15, 0.2) is 0 Å². The van der Waals surface area contributed by atoms with Gasteiger partial charge in [-0.05, 0) is 65.7 Å². The summed E-state index contributed by atoms with van der Waals surface area (Å²) in [6, 6.07) is 10.2. The molecule has 2 heterocycles. The van der Waals surface area contributed by atoms with Crippen LogP contribution in [0, 0.1) is 6.92 Å². The van der Waals surface area contributed by atoms with E-state index in [1.165, 1.54) is 4.90 Å². The second kappa shape index (κ2) is 9.58. The summed E-state index contributed by atoms with van der Waals surface area (Å²) < 4.78 is 34.2. The normalized spacial score (nSPS) is 17.7. The summed E-state index contributed by atoms with van der Waals surface area (Å²) in [6.07, 6.45) is 3.48. The summed E-state index contributed by atoms with van der Waals surface area (Å²) in [7, 11) is -3.70. The highest BCUT2D eigenvalue weighted by atomic mass is 32.2. The quantitative estimate of drug-likeness (QED) is 0.624. The molecule has 1 aliphatic heterocycles. The van der Waals surface area contributed by atoms with Gasteiger partial charge in [-0.3, -0.25) is 4.90 Å². The van der Waals surface area contributed by atoms with Crippen molar-refractivity contribution >= 4 is 21.9 Å². The molecule has 1 aromatic carbocycles. The monoisotopic (exact) mass is 459 g/mol.